The molecule has 1 atom stereocenters. The SMILES string of the molecule is Cc1cc(Cl)c2ncc(C#N)c(NC[C@](C)(O)C(=O)O)c2c1. The second-order valence-electron chi connectivity index (χ2n) is 5.23. The summed E-state index contributed by atoms with van der Waals surface area (Å²) in [5, 5.41) is 31.9. The van der Waals surface area contributed by atoms with E-state index in [0.717, 1.165) is 5.56 Å². The molecule has 2 rings (SSSR count). The quantitative estimate of drug-likeness (QED) is 0.798. The van der Waals surface area contributed by atoms with Crippen LogP contribution in [0.5, 0.6) is 0 Å². The van der Waals surface area contributed by atoms with Crippen molar-refractivity contribution in [1.29, 1.82) is 5.26 Å². The lowest BCUT2D eigenvalue weighted by Gasteiger charge is -2.20. The van der Waals surface area contributed by atoms with Gasteiger partial charge in [0.1, 0.15) is 6.07 Å². The Kier molecular flexibility index (Phi) is 4.22. The molecule has 7 heteroatoms. The number of carbonyl (C=O) groups is 1. The Bertz CT molecular complexity index is 797. The van der Waals surface area contributed by atoms with Crippen LogP contribution in [0.4, 0.5) is 5.69 Å². The Morgan fingerprint density at radius 3 is 2.82 bits per heavy atom. The second-order valence-corrected chi connectivity index (χ2v) is 5.64. The zero-order valence-corrected chi connectivity index (χ0v) is 12.8. The van der Waals surface area contributed by atoms with E-state index >= 15 is 0 Å². The standard InChI is InChI=1S/C15H14ClN3O3/c1-8-3-10-12(19-7-15(2,22)14(20)21)9(5-17)6-18-13(10)11(16)4-8/h3-4,6,22H,7H2,1-2H3,(H,18,19)(H,20,21)/t15-/m0/s1. The highest BCUT2D eigenvalue weighted by atomic mass is 35.5. The van der Waals surface area contributed by atoms with Crippen molar-refractivity contribution in [1.82, 2.24) is 4.98 Å². The Morgan fingerprint density at radius 2 is 2.23 bits per heavy atom. The van der Waals surface area contributed by atoms with Crippen LogP contribution in [0, 0.1) is 18.3 Å². The normalized spacial score (nSPS) is 13.4. The number of nitrogens with zero attached hydrogens (tertiary/aromatic N) is 2. The van der Waals surface area contributed by atoms with Gasteiger partial charge in [-0.15, -0.1) is 0 Å². The van der Waals surface area contributed by atoms with Crippen molar-refractivity contribution in [3.63, 3.8) is 0 Å². The number of hydrogen-bond acceptors (Lipinski definition) is 5. The zero-order valence-electron chi connectivity index (χ0n) is 12.0. The summed E-state index contributed by atoms with van der Waals surface area (Å²) in [6.45, 7) is 2.76. The highest BCUT2D eigenvalue weighted by Gasteiger charge is 2.30. The molecule has 22 heavy (non-hydrogen) atoms. The zero-order chi connectivity index (χ0) is 16.5. The van der Waals surface area contributed by atoms with Gasteiger partial charge in [-0.25, -0.2) is 4.79 Å². The summed E-state index contributed by atoms with van der Waals surface area (Å²) in [5.74, 6) is -1.36. The number of aliphatic carboxylic acids is 1. The van der Waals surface area contributed by atoms with Gasteiger partial charge in [-0.1, -0.05) is 11.6 Å². The highest BCUT2D eigenvalue weighted by Crippen LogP contribution is 2.31. The number of aliphatic hydroxyl groups is 1. The molecule has 0 bridgehead atoms. The lowest BCUT2D eigenvalue weighted by molar-refractivity contribution is -0.155. The number of pyridine rings is 1. The number of halogens is 1. The Balaban J connectivity index is 2.56. The van der Waals surface area contributed by atoms with Gasteiger partial charge in [-0.3, -0.25) is 4.98 Å². The third kappa shape index (κ3) is 2.96. The number of carboxylic acid groups (broad SMARTS) is 1. The number of benzene rings is 1. The van der Waals surface area contributed by atoms with Gasteiger partial charge in [-0.05, 0) is 31.5 Å². The van der Waals surface area contributed by atoms with E-state index in [2.05, 4.69) is 10.3 Å². The molecule has 6 nitrogen and oxygen atoms in total. The van der Waals surface area contributed by atoms with Crippen LogP contribution in [-0.2, 0) is 4.79 Å². The minimum atomic E-state index is -1.96. The van der Waals surface area contributed by atoms with E-state index in [1.807, 2.05) is 13.0 Å². The molecular formula is C15H14ClN3O3. The van der Waals surface area contributed by atoms with E-state index in [9.17, 15) is 15.2 Å². The summed E-state index contributed by atoms with van der Waals surface area (Å²) in [6.07, 6.45) is 1.36. The Morgan fingerprint density at radius 1 is 1.55 bits per heavy atom. The average molecular weight is 320 g/mol. The first-order chi connectivity index (χ1) is 10.3. The molecule has 0 spiro atoms. The van der Waals surface area contributed by atoms with Crippen LogP contribution >= 0.6 is 11.6 Å². The monoisotopic (exact) mass is 319 g/mol. The molecule has 0 fully saturated rings. The smallest absolute Gasteiger partial charge is 0.337 e. The topological polar surface area (TPSA) is 106 Å². The van der Waals surface area contributed by atoms with E-state index in [-0.39, 0.29) is 12.1 Å². The summed E-state index contributed by atoms with van der Waals surface area (Å²) < 4.78 is 0. The van der Waals surface area contributed by atoms with Gasteiger partial charge in [0.2, 0.25) is 0 Å². The van der Waals surface area contributed by atoms with Crippen molar-refractivity contribution < 1.29 is 15.0 Å². The second kappa shape index (κ2) is 5.79. The number of aryl methyl sites for hydroxylation is 1. The van der Waals surface area contributed by atoms with Crippen LogP contribution in [0.1, 0.15) is 18.1 Å². The molecule has 0 radical (unpaired) electrons. The predicted molar refractivity (Wildman–Crippen MR) is 83.0 cm³/mol. The van der Waals surface area contributed by atoms with Gasteiger partial charge < -0.3 is 15.5 Å². The van der Waals surface area contributed by atoms with Crippen molar-refractivity contribution in [2.75, 3.05) is 11.9 Å². The largest absolute Gasteiger partial charge is 0.479 e. The Hall–Kier alpha value is -2.36. The molecule has 114 valence electrons. The van der Waals surface area contributed by atoms with Crippen LogP contribution in [0.3, 0.4) is 0 Å². The molecule has 0 saturated heterocycles. The van der Waals surface area contributed by atoms with Crippen molar-refractivity contribution in [3.05, 3.63) is 34.5 Å². The molecule has 1 aromatic carbocycles. The molecule has 1 aromatic heterocycles. The molecule has 0 aliphatic carbocycles. The molecule has 0 aliphatic heterocycles. The van der Waals surface area contributed by atoms with E-state index in [4.69, 9.17) is 16.7 Å². The number of anilines is 1. The minimum Gasteiger partial charge on any atom is -0.479 e. The third-order valence-corrected chi connectivity index (χ3v) is 3.55. The van der Waals surface area contributed by atoms with Crippen molar-refractivity contribution >= 4 is 34.2 Å². The first-order valence-electron chi connectivity index (χ1n) is 6.45. The van der Waals surface area contributed by atoms with E-state index in [1.165, 1.54) is 13.1 Å². The number of nitrogens with one attached hydrogen (secondary N) is 1. The fraction of sp³-hybridized carbons (Fsp3) is 0.267. The van der Waals surface area contributed by atoms with Crippen LogP contribution in [0.25, 0.3) is 10.9 Å². The number of fused-ring (bicyclic) bond motifs is 1. The molecule has 0 unspecified atom stereocenters. The van der Waals surface area contributed by atoms with E-state index < -0.39 is 11.6 Å². The highest BCUT2D eigenvalue weighted by molar-refractivity contribution is 6.35. The van der Waals surface area contributed by atoms with Gasteiger partial charge >= 0.3 is 5.97 Å². The lowest BCUT2D eigenvalue weighted by atomic mass is 10.0. The molecule has 1 heterocycles. The van der Waals surface area contributed by atoms with Crippen molar-refractivity contribution in [2.45, 2.75) is 19.4 Å². The van der Waals surface area contributed by atoms with E-state index in [0.29, 0.717) is 21.6 Å². The van der Waals surface area contributed by atoms with Gasteiger partial charge in [0.05, 0.1) is 28.3 Å². The minimum absolute atomic E-state index is 0.246. The first kappa shape index (κ1) is 16.0. The van der Waals surface area contributed by atoms with E-state index in [1.54, 1.807) is 12.1 Å². The van der Waals surface area contributed by atoms with Crippen molar-refractivity contribution in [2.24, 2.45) is 0 Å². The van der Waals surface area contributed by atoms with Crippen molar-refractivity contribution in [3.8, 4) is 6.07 Å². The number of hydrogen-bond donors (Lipinski definition) is 3. The summed E-state index contributed by atoms with van der Waals surface area (Å²) in [4.78, 5) is 15.1. The van der Waals surface area contributed by atoms with Gasteiger partial charge in [0.25, 0.3) is 0 Å². The number of rotatable bonds is 4. The van der Waals surface area contributed by atoms with Gasteiger partial charge in [-0.2, -0.15) is 5.26 Å². The summed E-state index contributed by atoms with van der Waals surface area (Å²) >= 11 is 6.15. The van der Waals surface area contributed by atoms with Gasteiger partial charge in [0, 0.05) is 11.6 Å². The molecule has 2 aromatic rings. The van der Waals surface area contributed by atoms with Crippen LogP contribution in [0.15, 0.2) is 18.3 Å². The summed E-state index contributed by atoms with van der Waals surface area (Å²) in [5.41, 5.74) is 0.0665. The molecule has 0 aliphatic rings. The molecule has 0 saturated carbocycles. The summed E-state index contributed by atoms with van der Waals surface area (Å²) in [6, 6.07) is 5.54. The third-order valence-electron chi connectivity index (χ3n) is 3.26. The fourth-order valence-corrected chi connectivity index (χ4v) is 2.33. The maximum atomic E-state index is 11.0. The number of aromatic nitrogens is 1. The fourth-order valence-electron chi connectivity index (χ4n) is 2.01. The maximum Gasteiger partial charge on any atom is 0.337 e. The molecule has 0 amide bonds. The van der Waals surface area contributed by atoms with Crippen LogP contribution < -0.4 is 5.32 Å². The molecular weight excluding hydrogens is 306 g/mol. The van der Waals surface area contributed by atoms with Crippen LogP contribution in [0.2, 0.25) is 5.02 Å². The predicted octanol–water partition coefficient (Wildman–Crippen LogP) is 2.32. The average Bonchev–Trinajstić information content (AvgIpc) is 2.44. The number of nitriles is 1. The molecule has 3 N–H and O–H groups in total. The van der Waals surface area contributed by atoms with Gasteiger partial charge in [0.15, 0.2) is 5.60 Å². The lowest BCUT2D eigenvalue weighted by Crippen LogP contribution is -2.41. The maximum absolute atomic E-state index is 11.0. The number of carboxylic acids is 1. The Labute approximate surface area is 132 Å². The first-order valence-corrected chi connectivity index (χ1v) is 6.82. The summed E-state index contributed by atoms with van der Waals surface area (Å²) in [7, 11) is 0. The van der Waals surface area contributed by atoms with Crippen LogP contribution in [-0.4, -0.2) is 33.3 Å².